The zero-order chi connectivity index (χ0) is 13.9. The Morgan fingerprint density at radius 1 is 1.21 bits per heavy atom. The second-order valence-corrected chi connectivity index (χ2v) is 4.93. The molecule has 104 valence electrons. The molecule has 1 aliphatic rings. The van der Waals surface area contributed by atoms with Gasteiger partial charge in [0.1, 0.15) is 0 Å². The summed E-state index contributed by atoms with van der Waals surface area (Å²) in [6, 6.07) is 4.43. The van der Waals surface area contributed by atoms with Gasteiger partial charge in [0.2, 0.25) is 0 Å². The number of alkyl halides is 3. The van der Waals surface area contributed by atoms with E-state index in [0.717, 1.165) is 31.3 Å². The molecule has 1 N–H and O–H groups in total. The molecule has 0 spiro atoms. The van der Waals surface area contributed by atoms with Crippen molar-refractivity contribution in [2.75, 3.05) is 0 Å². The number of halogens is 4. The van der Waals surface area contributed by atoms with E-state index >= 15 is 0 Å². The zero-order valence-corrected chi connectivity index (χ0v) is 11.1. The van der Waals surface area contributed by atoms with Crippen molar-refractivity contribution in [2.24, 2.45) is 0 Å². The van der Waals surface area contributed by atoms with Crippen molar-refractivity contribution < 1.29 is 13.2 Å². The van der Waals surface area contributed by atoms with Gasteiger partial charge in [0.25, 0.3) is 0 Å². The van der Waals surface area contributed by atoms with Gasteiger partial charge in [-0.05, 0) is 60.2 Å². The Morgan fingerprint density at radius 2 is 2.00 bits per heavy atom. The second kappa shape index (κ2) is 5.97. The predicted octanol–water partition coefficient (Wildman–Crippen LogP) is 4.91. The van der Waals surface area contributed by atoms with Gasteiger partial charge in [-0.25, -0.2) is 4.84 Å². The molecule has 0 fully saturated rings. The monoisotopic (exact) mass is 289 g/mol. The highest BCUT2D eigenvalue weighted by molar-refractivity contribution is 6.13. The van der Waals surface area contributed by atoms with E-state index in [4.69, 9.17) is 11.8 Å². The smallest absolute Gasteiger partial charge is 0.229 e. The van der Waals surface area contributed by atoms with Crippen LogP contribution < -0.4 is 4.84 Å². The van der Waals surface area contributed by atoms with Crippen LogP contribution in [0.25, 0.3) is 5.57 Å². The molecular weight excluding hydrogens is 275 g/mol. The van der Waals surface area contributed by atoms with E-state index in [-0.39, 0.29) is 6.54 Å². The number of hydrogen-bond donors (Lipinski definition) is 1. The Labute approximate surface area is 115 Å². The molecule has 1 aromatic carbocycles. The van der Waals surface area contributed by atoms with Crippen LogP contribution in [0.1, 0.15) is 42.4 Å². The standard InChI is InChI=1S/C14H15ClF3N/c15-19-9-10-6-7-12(11-4-2-1-3-5-11)13(8-10)14(16,17)18/h4,6-8,19H,1-3,5,9H2. The summed E-state index contributed by atoms with van der Waals surface area (Å²) in [5.74, 6) is 0. The Balaban J connectivity index is 2.44. The fraction of sp³-hybridized carbons (Fsp3) is 0.429. The molecule has 0 atom stereocenters. The van der Waals surface area contributed by atoms with Gasteiger partial charge in [-0.2, -0.15) is 13.2 Å². The number of allylic oxidation sites excluding steroid dienone is 2. The average molecular weight is 290 g/mol. The lowest BCUT2D eigenvalue weighted by Gasteiger charge is -2.19. The predicted molar refractivity (Wildman–Crippen MR) is 70.6 cm³/mol. The van der Waals surface area contributed by atoms with Crippen LogP contribution >= 0.6 is 11.8 Å². The van der Waals surface area contributed by atoms with Crippen LogP contribution in [0.2, 0.25) is 0 Å². The summed E-state index contributed by atoms with van der Waals surface area (Å²) in [7, 11) is 0. The third kappa shape index (κ3) is 3.51. The van der Waals surface area contributed by atoms with Crippen LogP contribution in [-0.2, 0) is 12.7 Å². The van der Waals surface area contributed by atoms with E-state index in [9.17, 15) is 13.2 Å². The van der Waals surface area contributed by atoms with E-state index in [1.165, 1.54) is 6.07 Å². The first-order chi connectivity index (χ1) is 9.02. The minimum absolute atomic E-state index is 0.212. The lowest BCUT2D eigenvalue weighted by atomic mass is 9.89. The summed E-state index contributed by atoms with van der Waals surface area (Å²) in [5, 5.41) is 0. The van der Waals surface area contributed by atoms with Crippen LogP contribution in [0.5, 0.6) is 0 Å². The summed E-state index contributed by atoms with van der Waals surface area (Å²) in [6.45, 7) is 0.212. The molecule has 0 aliphatic heterocycles. The lowest BCUT2D eigenvalue weighted by Crippen LogP contribution is -2.11. The van der Waals surface area contributed by atoms with Crippen LogP contribution in [0.4, 0.5) is 13.2 Å². The van der Waals surface area contributed by atoms with Crippen molar-refractivity contribution in [3.05, 3.63) is 41.0 Å². The van der Waals surface area contributed by atoms with Gasteiger partial charge in [-0.3, -0.25) is 0 Å². The molecule has 0 amide bonds. The fourth-order valence-electron chi connectivity index (χ4n) is 2.38. The number of hydrogen-bond acceptors (Lipinski definition) is 1. The average Bonchev–Trinajstić information content (AvgIpc) is 2.39. The van der Waals surface area contributed by atoms with Crippen molar-refractivity contribution in [3.8, 4) is 0 Å². The number of rotatable bonds is 3. The molecule has 2 rings (SSSR count). The van der Waals surface area contributed by atoms with Crippen molar-refractivity contribution in [1.82, 2.24) is 4.84 Å². The molecule has 0 radical (unpaired) electrons. The van der Waals surface area contributed by atoms with Crippen LogP contribution in [0.15, 0.2) is 24.3 Å². The quantitative estimate of drug-likeness (QED) is 0.780. The van der Waals surface area contributed by atoms with Crippen LogP contribution in [-0.4, -0.2) is 0 Å². The first kappa shape index (κ1) is 14.4. The summed E-state index contributed by atoms with van der Waals surface area (Å²) in [4.78, 5) is 2.35. The molecule has 1 aliphatic carbocycles. The second-order valence-electron chi connectivity index (χ2n) is 4.66. The summed E-state index contributed by atoms with van der Waals surface area (Å²) in [6.07, 6.45) is 1.17. The zero-order valence-electron chi connectivity index (χ0n) is 10.4. The lowest BCUT2D eigenvalue weighted by molar-refractivity contribution is -0.137. The minimum Gasteiger partial charge on any atom is -0.229 e. The number of benzene rings is 1. The molecule has 0 unspecified atom stereocenters. The van der Waals surface area contributed by atoms with E-state index in [2.05, 4.69) is 4.84 Å². The Bertz CT molecular complexity index is 480. The van der Waals surface area contributed by atoms with Crippen molar-refractivity contribution in [2.45, 2.75) is 38.4 Å². The maximum atomic E-state index is 13.1. The van der Waals surface area contributed by atoms with Crippen molar-refractivity contribution >= 4 is 17.3 Å². The van der Waals surface area contributed by atoms with Crippen LogP contribution in [0, 0.1) is 0 Å². The molecule has 0 aromatic heterocycles. The molecule has 1 aromatic rings. The Kier molecular flexibility index (Phi) is 4.53. The summed E-state index contributed by atoms with van der Waals surface area (Å²) >= 11 is 5.35. The Hall–Kier alpha value is -1.00. The van der Waals surface area contributed by atoms with Crippen molar-refractivity contribution in [1.29, 1.82) is 0 Å². The fourth-order valence-corrected chi connectivity index (χ4v) is 2.53. The molecule has 5 heteroatoms. The van der Waals surface area contributed by atoms with E-state index in [0.29, 0.717) is 11.1 Å². The molecule has 19 heavy (non-hydrogen) atoms. The van der Waals surface area contributed by atoms with E-state index < -0.39 is 11.7 Å². The summed E-state index contributed by atoms with van der Waals surface area (Å²) < 4.78 is 39.4. The molecule has 0 saturated carbocycles. The van der Waals surface area contributed by atoms with E-state index in [1.807, 2.05) is 6.08 Å². The molecule has 0 bridgehead atoms. The summed E-state index contributed by atoms with van der Waals surface area (Å²) in [5.41, 5.74) is 1.09. The highest BCUT2D eigenvalue weighted by Crippen LogP contribution is 2.38. The maximum Gasteiger partial charge on any atom is 0.417 e. The van der Waals surface area contributed by atoms with Crippen molar-refractivity contribution in [3.63, 3.8) is 0 Å². The molecule has 0 heterocycles. The van der Waals surface area contributed by atoms with Gasteiger partial charge >= 0.3 is 6.18 Å². The SMILES string of the molecule is FC(F)(F)c1cc(CNCl)ccc1C1=CCCCC1. The normalized spacial score (nSPS) is 16.3. The molecule has 1 nitrogen and oxygen atoms in total. The van der Waals surface area contributed by atoms with E-state index in [1.54, 1.807) is 12.1 Å². The molecular formula is C14H15ClF3N. The van der Waals surface area contributed by atoms with Gasteiger partial charge in [0.15, 0.2) is 0 Å². The highest BCUT2D eigenvalue weighted by atomic mass is 35.5. The van der Waals surface area contributed by atoms with Gasteiger partial charge in [-0.1, -0.05) is 18.2 Å². The minimum atomic E-state index is -4.34. The third-order valence-corrected chi connectivity index (χ3v) is 3.43. The first-order valence-electron chi connectivity index (χ1n) is 6.25. The van der Waals surface area contributed by atoms with Gasteiger partial charge in [0, 0.05) is 6.54 Å². The topological polar surface area (TPSA) is 12.0 Å². The van der Waals surface area contributed by atoms with Crippen LogP contribution in [0.3, 0.4) is 0 Å². The largest absolute Gasteiger partial charge is 0.417 e. The maximum absolute atomic E-state index is 13.1. The van der Waals surface area contributed by atoms with Gasteiger partial charge in [0.05, 0.1) is 5.56 Å². The third-order valence-electron chi connectivity index (χ3n) is 3.30. The first-order valence-corrected chi connectivity index (χ1v) is 6.63. The van der Waals surface area contributed by atoms with Gasteiger partial charge in [-0.15, -0.1) is 0 Å². The number of nitrogens with one attached hydrogen (secondary N) is 1. The Morgan fingerprint density at radius 3 is 2.58 bits per heavy atom. The molecule has 0 saturated heterocycles. The highest BCUT2D eigenvalue weighted by Gasteiger charge is 2.34. The van der Waals surface area contributed by atoms with Gasteiger partial charge < -0.3 is 0 Å².